The van der Waals surface area contributed by atoms with Gasteiger partial charge in [-0.05, 0) is 31.8 Å². The third-order valence-corrected chi connectivity index (χ3v) is 4.61. The topological polar surface area (TPSA) is 71.4 Å². The molecule has 1 aliphatic heterocycles. The summed E-state index contributed by atoms with van der Waals surface area (Å²) >= 11 is 0. The fourth-order valence-corrected chi connectivity index (χ4v) is 3.18. The van der Waals surface area contributed by atoms with Gasteiger partial charge in [-0.3, -0.25) is 9.48 Å². The van der Waals surface area contributed by atoms with Crippen molar-refractivity contribution in [1.29, 1.82) is 0 Å². The first-order valence-corrected chi connectivity index (χ1v) is 8.90. The molecule has 1 aromatic heterocycles. The Morgan fingerprint density at radius 1 is 1.42 bits per heavy atom. The predicted octanol–water partition coefficient (Wildman–Crippen LogP) is 1.30. The normalized spacial score (nSPS) is 19.7. The van der Waals surface area contributed by atoms with E-state index in [4.69, 9.17) is 4.74 Å². The van der Waals surface area contributed by atoms with Crippen LogP contribution in [-0.2, 0) is 11.8 Å². The number of hydrogen-bond acceptors (Lipinski definition) is 5. The Bertz CT molecular complexity index is 743. The molecule has 1 amide bonds. The number of benzene rings is 1. The largest absolute Gasteiger partial charge is 0.492 e. The number of nitrogens with zero attached hydrogens (tertiary/aromatic N) is 3. The van der Waals surface area contributed by atoms with E-state index in [1.165, 1.54) is 0 Å². The highest BCUT2D eigenvalue weighted by atomic mass is 16.5. The van der Waals surface area contributed by atoms with Crippen LogP contribution in [0.3, 0.4) is 0 Å². The number of rotatable bonds is 7. The van der Waals surface area contributed by atoms with Crippen LogP contribution in [0.4, 0.5) is 5.69 Å². The fraction of sp³-hybridized carbons (Fsp3) is 0.474. The number of likely N-dealkylation sites (N-methyl/N-ethyl adjacent to an activating group) is 1. The second-order valence-corrected chi connectivity index (χ2v) is 6.99. The van der Waals surface area contributed by atoms with Crippen LogP contribution < -0.4 is 15.4 Å². The van der Waals surface area contributed by atoms with E-state index in [2.05, 4.69) is 20.6 Å². The molecule has 7 nitrogen and oxygen atoms in total. The molecule has 0 unspecified atom stereocenters. The lowest BCUT2D eigenvalue weighted by Crippen LogP contribution is -2.28. The zero-order valence-corrected chi connectivity index (χ0v) is 15.6. The Morgan fingerprint density at radius 2 is 2.27 bits per heavy atom. The predicted molar refractivity (Wildman–Crippen MR) is 101 cm³/mol. The van der Waals surface area contributed by atoms with Gasteiger partial charge in [-0.25, -0.2) is 0 Å². The molecule has 2 atom stereocenters. The SMILES string of the molecule is CN(C)CCOc1cccc(NC(=O)[C@H]2CNC[C@@H]2c2cnn(C)c2)c1. The molecule has 1 fully saturated rings. The second-order valence-electron chi connectivity index (χ2n) is 6.99. The Kier molecular flexibility index (Phi) is 5.90. The molecule has 0 bridgehead atoms. The van der Waals surface area contributed by atoms with Gasteiger partial charge in [0, 0.05) is 50.6 Å². The Labute approximate surface area is 154 Å². The molecule has 7 heteroatoms. The van der Waals surface area contributed by atoms with Gasteiger partial charge in [0.25, 0.3) is 0 Å². The lowest BCUT2D eigenvalue weighted by Gasteiger charge is -2.17. The molecule has 3 rings (SSSR count). The summed E-state index contributed by atoms with van der Waals surface area (Å²) in [6.45, 7) is 2.92. The lowest BCUT2D eigenvalue weighted by molar-refractivity contribution is -0.119. The van der Waals surface area contributed by atoms with Crippen LogP contribution in [0.2, 0.25) is 0 Å². The molecule has 0 spiro atoms. The number of amides is 1. The van der Waals surface area contributed by atoms with E-state index in [1.807, 2.05) is 57.8 Å². The smallest absolute Gasteiger partial charge is 0.229 e. The first-order chi connectivity index (χ1) is 12.5. The maximum atomic E-state index is 12.8. The molecule has 0 radical (unpaired) electrons. The van der Waals surface area contributed by atoms with Crippen LogP contribution in [-0.4, -0.2) is 60.9 Å². The molecular formula is C19H27N5O2. The van der Waals surface area contributed by atoms with Crippen LogP contribution >= 0.6 is 0 Å². The van der Waals surface area contributed by atoms with E-state index in [-0.39, 0.29) is 17.7 Å². The number of anilines is 1. The summed E-state index contributed by atoms with van der Waals surface area (Å²) in [5.41, 5.74) is 1.85. The molecule has 1 aliphatic rings. The van der Waals surface area contributed by atoms with Crippen molar-refractivity contribution in [1.82, 2.24) is 20.0 Å². The van der Waals surface area contributed by atoms with E-state index in [0.29, 0.717) is 13.2 Å². The van der Waals surface area contributed by atoms with Crippen molar-refractivity contribution >= 4 is 11.6 Å². The van der Waals surface area contributed by atoms with E-state index in [9.17, 15) is 4.79 Å². The number of carbonyl (C=O) groups is 1. The van der Waals surface area contributed by atoms with Crippen molar-refractivity contribution in [2.24, 2.45) is 13.0 Å². The van der Waals surface area contributed by atoms with Crippen LogP contribution in [0.15, 0.2) is 36.7 Å². The summed E-state index contributed by atoms with van der Waals surface area (Å²) in [6.07, 6.45) is 3.83. The van der Waals surface area contributed by atoms with Crippen molar-refractivity contribution < 1.29 is 9.53 Å². The van der Waals surface area contributed by atoms with Gasteiger partial charge in [0.2, 0.25) is 5.91 Å². The highest BCUT2D eigenvalue weighted by Gasteiger charge is 2.34. The molecule has 2 heterocycles. The first kappa shape index (κ1) is 18.4. The lowest BCUT2D eigenvalue weighted by atomic mass is 9.90. The van der Waals surface area contributed by atoms with Gasteiger partial charge >= 0.3 is 0 Å². The highest BCUT2D eigenvalue weighted by Crippen LogP contribution is 2.29. The van der Waals surface area contributed by atoms with Crippen LogP contribution in [0.25, 0.3) is 0 Å². The molecule has 1 saturated heterocycles. The maximum Gasteiger partial charge on any atom is 0.229 e. The number of ether oxygens (including phenoxy) is 1. The molecule has 1 aromatic carbocycles. The van der Waals surface area contributed by atoms with Gasteiger partial charge in [-0.1, -0.05) is 6.07 Å². The van der Waals surface area contributed by atoms with Gasteiger partial charge in [0.05, 0.1) is 12.1 Å². The van der Waals surface area contributed by atoms with Crippen molar-refractivity contribution in [3.05, 3.63) is 42.2 Å². The number of carbonyl (C=O) groups excluding carboxylic acids is 1. The quantitative estimate of drug-likeness (QED) is 0.782. The van der Waals surface area contributed by atoms with Gasteiger partial charge in [-0.15, -0.1) is 0 Å². The van der Waals surface area contributed by atoms with Crippen molar-refractivity contribution in [3.63, 3.8) is 0 Å². The minimum atomic E-state index is -0.113. The summed E-state index contributed by atoms with van der Waals surface area (Å²) in [5.74, 6) is 0.813. The van der Waals surface area contributed by atoms with E-state index in [0.717, 1.165) is 30.1 Å². The minimum absolute atomic E-state index is 0.0225. The van der Waals surface area contributed by atoms with E-state index < -0.39 is 0 Å². The van der Waals surface area contributed by atoms with Crippen LogP contribution in [0, 0.1) is 5.92 Å². The fourth-order valence-electron chi connectivity index (χ4n) is 3.18. The number of aromatic nitrogens is 2. The summed E-state index contributed by atoms with van der Waals surface area (Å²) in [4.78, 5) is 14.9. The highest BCUT2D eigenvalue weighted by molar-refractivity contribution is 5.93. The zero-order valence-electron chi connectivity index (χ0n) is 15.6. The average Bonchev–Trinajstić information content (AvgIpc) is 3.23. The third kappa shape index (κ3) is 4.62. The molecule has 26 heavy (non-hydrogen) atoms. The van der Waals surface area contributed by atoms with Crippen LogP contribution in [0.1, 0.15) is 11.5 Å². The van der Waals surface area contributed by atoms with Gasteiger partial charge in [0.1, 0.15) is 12.4 Å². The Hall–Kier alpha value is -2.38. The third-order valence-electron chi connectivity index (χ3n) is 4.61. The monoisotopic (exact) mass is 357 g/mol. The number of hydrogen-bond donors (Lipinski definition) is 2. The number of aryl methyl sites for hydroxylation is 1. The van der Waals surface area contributed by atoms with Crippen molar-refractivity contribution in [2.75, 3.05) is 45.7 Å². The Morgan fingerprint density at radius 3 is 3.00 bits per heavy atom. The van der Waals surface area contributed by atoms with Crippen LogP contribution in [0.5, 0.6) is 5.75 Å². The Balaban J connectivity index is 1.62. The van der Waals surface area contributed by atoms with Gasteiger partial charge in [0.15, 0.2) is 0 Å². The molecule has 2 aromatic rings. The molecule has 2 N–H and O–H groups in total. The standard InChI is InChI=1S/C19H27N5O2/c1-23(2)7-8-26-16-6-4-5-15(9-16)22-19(25)18-12-20-11-17(18)14-10-21-24(3)13-14/h4-6,9-10,13,17-18,20H,7-8,11-12H2,1-3H3,(H,22,25)/t17-,18+/m1/s1. The van der Waals surface area contributed by atoms with Crippen molar-refractivity contribution in [3.8, 4) is 5.75 Å². The number of nitrogens with one attached hydrogen (secondary N) is 2. The second kappa shape index (κ2) is 8.33. The summed E-state index contributed by atoms with van der Waals surface area (Å²) < 4.78 is 7.52. The van der Waals surface area contributed by atoms with Crippen molar-refractivity contribution in [2.45, 2.75) is 5.92 Å². The summed E-state index contributed by atoms with van der Waals surface area (Å²) in [5, 5.41) is 10.6. The average molecular weight is 357 g/mol. The minimum Gasteiger partial charge on any atom is -0.492 e. The summed E-state index contributed by atoms with van der Waals surface area (Å²) in [6, 6.07) is 7.56. The molecule has 0 saturated carbocycles. The van der Waals surface area contributed by atoms with Gasteiger partial charge < -0.3 is 20.3 Å². The van der Waals surface area contributed by atoms with Gasteiger partial charge in [-0.2, -0.15) is 5.10 Å². The molecular weight excluding hydrogens is 330 g/mol. The van der Waals surface area contributed by atoms with E-state index in [1.54, 1.807) is 4.68 Å². The maximum absolute atomic E-state index is 12.8. The molecule has 0 aliphatic carbocycles. The van der Waals surface area contributed by atoms with E-state index >= 15 is 0 Å². The first-order valence-electron chi connectivity index (χ1n) is 8.90. The molecule has 140 valence electrons. The summed E-state index contributed by atoms with van der Waals surface area (Å²) in [7, 11) is 5.91. The zero-order chi connectivity index (χ0) is 18.5.